The first-order valence-electron chi connectivity index (χ1n) is 6.88. The molecule has 0 spiro atoms. The molecule has 2 aliphatic rings. The lowest BCUT2D eigenvalue weighted by molar-refractivity contribution is -0.112. The second-order valence-corrected chi connectivity index (χ2v) is 5.68. The number of carbonyl (C=O) groups is 1. The Balaban J connectivity index is 2.02. The first-order chi connectivity index (χ1) is 10.8. The predicted octanol–water partition coefficient (Wildman–Crippen LogP) is -1.69. The number of alkyl carbamates (subject to hydrolysis) is 1. The molecular formula is C13H17N3O7. The van der Waals surface area contributed by atoms with Crippen molar-refractivity contribution in [1.29, 1.82) is 0 Å². The standard InChI is InChI=1S/C13H17N3O7/c1-12-9(18)13(12,15-11(20)22-3)7(21-2)8(23-12)16-5-4-6(17)14-10(16)19/h4-5,7-9,18H,1-3H3,(H,15,20)(H,14,17,19)/t7-,8+,9?,12+,13+/m0/s1. The molecular weight excluding hydrogens is 310 g/mol. The Hall–Kier alpha value is -2.17. The normalized spacial score (nSPS) is 38.0. The molecule has 126 valence electrons. The number of fused-ring (bicyclic) bond motifs is 1. The van der Waals surface area contributed by atoms with Crippen LogP contribution in [-0.4, -0.2) is 58.3 Å². The van der Waals surface area contributed by atoms with E-state index in [9.17, 15) is 19.5 Å². The van der Waals surface area contributed by atoms with Crippen molar-refractivity contribution in [2.45, 2.75) is 36.5 Å². The van der Waals surface area contributed by atoms with Gasteiger partial charge in [0.05, 0.1) is 7.11 Å². The van der Waals surface area contributed by atoms with Crippen molar-refractivity contribution in [2.24, 2.45) is 0 Å². The highest BCUT2D eigenvalue weighted by molar-refractivity contribution is 5.71. The van der Waals surface area contributed by atoms with Gasteiger partial charge in [0.15, 0.2) is 6.23 Å². The monoisotopic (exact) mass is 327 g/mol. The van der Waals surface area contributed by atoms with Gasteiger partial charge < -0.3 is 24.6 Å². The first-order valence-corrected chi connectivity index (χ1v) is 6.88. The molecule has 0 aromatic carbocycles. The molecule has 1 saturated carbocycles. The Bertz CT molecular complexity index is 758. The second kappa shape index (κ2) is 4.91. The SMILES string of the molecule is COC(=O)N[C@]12C(O)[C@@]1(C)O[C@@H](n1ccc(=O)[nH]c1=O)[C@@H]2OC. The van der Waals surface area contributed by atoms with E-state index in [-0.39, 0.29) is 0 Å². The van der Waals surface area contributed by atoms with E-state index < -0.39 is 46.9 Å². The zero-order valence-corrected chi connectivity index (χ0v) is 12.7. The molecule has 3 N–H and O–H groups in total. The van der Waals surface area contributed by atoms with Gasteiger partial charge in [-0.05, 0) is 6.92 Å². The van der Waals surface area contributed by atoms with Crippen molar-refractivity contribution in [3.05, 3.63) is 33.1 Å². The van der Waals surface area contributed by atoms with E-state index in [0.717, 1.165) is 4.57 Å². The van der Waals surface area contributed by atoms with E-state index in [1.165, 1.54) is 26.5 Å². The van der Waals surface area contributed by atoms with Crippen LogP contribution >= 0.6 is 0 Å². The quantitative estimate of drug-likeness (QED) is 0.603. The number of hydrogen-bond donors (Lipinski definition) is 3. The maximum atomic E-state index is 12.0. The molecule has 10 heteroatoms. The van der Waals surface area contributed by atoms with Crippen molar-refractivity contribution in [3.8, 4) is 0 Å². The summed E-state index contributed by atoms with van der Waals surface area (Å²) in [5.74, 6) is 0. The molecule has 2 heterocycles. The number of carbonyl (C=O) groups excluding carboxylic acids is 1. The van der Waals surface area contributed by atoms with E-state index >= 15 is 0 Å². The number of aromatic nitrogens is 2. The number of H-pyrrole nitrogens is 1. The van der Waals surface area contributed by atoms with Gasteiger partial charge in [-0.3, -0.25) is 14.3 Å². The third-order valence-electron chi connectivity index (χ3n) is 4.64. The Labute approximate surface area is 130 Å². The van der Waals surface area contributed by atoms with E-state index in [1.807, 2.05) is 0 Å². The van der Waals surface area contributed by atoms with Gasteiger partial charge in [0.1, 0.15) is 23.3 Å². The number of ether oxygens (including phenoxy) is 3. The summed E-state index contributed by atoms with van der Waals surface area (Å²) in [7, 11) is 2.56. The summed E-state index contributed by atoms with van der Waals surface area (Å²) in [4.78, 5) is 36.9. The van der Waals surface area contributed by atoms with Crippen LogP contribution in [0.2, 0.25) is 0 Å². The molecule has 23 heavy (non-hydrogen) atoms. The average molecular weight is 327 g/mol. The number of rotatable bonds is 3. The Morgan fingerprint density at radius 2 is 2.17 bits per heavy atom. The van der Waals surface area contributed by atoms with Crippen LogP contribution in [0.25, 0.3) is 0 Å². The third-order valence-corrected chi connectivity index (χ3v) is 4.64. The maximum Gasteiger partial charge on any atom is 0.407 e. The number of methoxy groups -OCH3 is 2. The molecule has 5 atom stereocenters. The number of nitrogens with one attached hydrogen (secondary N) is 2. The molecule has 1 unspecified atom stereocenters. The van der Waals surface area contributed by atoms with Crippen molar-refractivity contribution in [3.63, 3.8) is 0 Å². The Kier molecular flexibility index (Phi) is 3.36. The van der Waals surface area contributed by atoms with E-state index in [4.69, 9.17) is 9.47 Å². The van der Waals surface area contributed by atoms with Crippen molar-refractivity contribution >= 4 is 6.09 Å². The van der Waals surface area contributed by atoms with Crippen molar-refractivity contribution < 1.29 is 24.1 Å². The minimum atomic E-state index is -1.25. The Morgan fingerprint density at radius 3 is 2.74 bits per heavy atom. The minimum absolute atomic E-state index is 0.544. The zero-order valence-electron chi connectivity index (χ0n) is 12.7. The molecule has 1 aliphatic heterocycles. The summed E-state index contributed by atoms with van der Waals surface area (Å²) in [6.07, 6.45) is -2.33. The molecule has 1 aliphatic carbocycles. The lowest BCUT2D eigenvalue weighted by Gasteiger charge is -2.28. The zero-order chi connectivity index (χ0) is 17.0. The minimum Gasteiger partial charge on any atom is -0.453 e. The Morgan fingerprint density at radius 1 is 1.48 bits per heavy atom. The summed E-state index contributed by atoms with van der Waals surface area (Å²) < 4.78 is 16.9. The first kappa shape index (κ1) is 15.7. The van der Waals surface area contributed by atoms with Gasteiger partial charge in [-0.1, -0.05) is 0 Å². The third kappa shape index (κ3) is 1.89. The highest BCUT2D eigenvalue weighted by atomic mass is 16.6. The van der Waals surface area contributed by atoms with E-state index in [2.05, 4.69) is 15.0 Å². The van der Waals surface area contributed by atoms with Crippen LogP contribution < -0.4 is 16.6 Å². The molecule has 2 fully saturated rings. The number of aliphatic hydroxyl groups is 1. The van der Waals surface area contributed by atoms with Crippen LogP contribution in [0.4, 0.5) is 4.79 Å². The van der Waals surface area contributed by atoms with Gasteiger partial charge in [0, 0.05) is 19.4 Å². The summed E-state index contributed by atoms with van der Waals surface area (Å²) >= 11 is 0. The van der Waals surface area contributed by atoms with Gasteiger partial charge in [0.2, 0.25) is 0 Å². The highest BCUT2D eigenvalue weighted by Crippen LogP contribution is 2.62. The van der Waals surface area contributed by atoms with Crippen LogP contribution in [0.1, 0.15) is 13.2 Å². The van der Waals surface area contributed by atoms with Gasteiger partial charge in [-0.25, -0.2) is 9.59 Å². The van der Waals surface area contributed by atoms with Crippen molar-refractivity contribution in [2.75, 3.05) is 14.2 Å². The van der Waals surface area contributed by atoms with Crippen LogP contribution in [-0.2, 0) is 14.2 Å². The van der Waals surface area contributed by atoms with Crippen LogP contribution in [0, 0.1) is 0 Å². The van der Waals surface area contributed by atoms with Crippen molar-refractivity contribution in [1.82, 2.24) is 14.9 Å². The predicted molar refractivity (Wildman–Crippen MR) is 74.9 cm³/mol. The summed E-state index contributed by atoms with van der Waals surface area (Å²) in [6.45, 7) is 1.59. The molecule has 10 nitrogen and oxygen atoms in total. The number of amides is 1. The fourth-order valence-corrected chi connectivity index (χ4v) is 3.35. The smallest absolute Gasteiger partial charge is 0.407 e. The molecule has 1 aromatic rings. The maximum absolute atomic E-state index is 12.0. The van der Waals surface area contributed by atoms with Gasteiger partial charge >= 0.3 is 11.8 Å². The molecule has 1 amide bonds. The molecule has 3 rings (SSSR count). The fraction of sp³-hybridized carbons (Fsp3) is 0.615. The highest BCUT2D eigenvalue weighted by Gasteiger charge is 2.86. The lowest BCUT2D eigenvalue weighted by Crippen LogP contribution is -2.52. The van der Waals surface area contributed by atoms with E-state index in [1.54, 1.807) is 6.92 Å². The summed E-state index contributed by atoms with van der Waals surface area (Å²) in [5.41, 5.74) is -3.63. The average Bonchev–Trinajstić information content (AvgIpc) is 2.83. The van der Waals surface area contributed by atoms with Gasteiger partial charge in [0.25, 0.3) is 5.56 Å². The number of nitrogens with zero attached hydrogens (tertiary/aromatic N) is 1. The van der Waals surface area contributed by atoms with Gasteiger partial charge in [-0.2, -0.15) is 0 Å². The number of aliphatic hydroxyl groups excluding tert-OH is 1. The number of hydrogen-bond acceptors (Lipinski definition) is 7. The molecule has 0 bridgehead atoms. The number of aromatic amines is 1. The van der Waals surface area contributed by atoms with Crippen LogP contribution in [0.15, 0.2) is 21.9 Å². The second-order valence-electron chi connectivity index (χ2n) is 5.68. The fourth-order valence-electron chi connectivity index (χ4n) is 3.35. The largest absolute Gasteiger partial charge is 0.453 e. The molecule has 1 aromatic heterocycles. The van der Waals surface area contributed by atoms with Gasteiger partial charge in [-0.15, -0.1) is 0 Å². The van der Waals surface area contributed by atoms with Crippen LogP contribution in [0.5, 0.6) is 0 Å². The molecule has 0 radical (unpaired) electrons. The summed E-state index contributed by atoms with van der Waals surface area (Å²) in [5, 5.41) is 12.8. The lowest BCUT2D eigenvalue weighted by atomic mass is 10.1. The molecule has 1 saturated heterocycles. The van der Waals surface area contributed by atoms with Crippen LogP contribution in [0.3, 0.4) is 0 Å². The van der Waals surface area contributed by atoms with E-state index in [0.29, 0.717) is 0 Å². The summed E-state index contributed by atoms with van der Waals surface area (Å²) in [6, 6.07) is 1.17. The topological polar surface area (TPSA) is 132 Å².